The molecule has 0 aliphatic carbocycles. The number of hydrogen-bond donors (Lipinski definition) is 1. The summed E-state index contributed by atoms with van der Waals surface area (Å²) in [6.45, 7) is 6.26. The lowest BCUT2D eigenvalue weighted by molar-refractivity contribution is -0.114. The zero-order valence-corrected chi connectivity index (χ0v) is 5.14. The maximum atomic E-state index is 10.3. The Bertz CT molecular complexity index is 114. The highest BCUT2D eigenvalue weighted by molar-refractivity contribution is 5.93. The largest absolute Gasteiger partial charge is 0.389 e. The van der Waals surface area contributed by atoms with E-state index in [9.17, 15) is 4.79 Å². The number of carbonyl (C=O) groups excluding carboxylic acids is 1. The van der Waals surface area contributed by atoms with Crippen LogP contribution in [0.2, 0.25) is 0 Å². The summed E-state index contributed by atoms with van der Waals surface area (Å²) in [5.74, 6) is -0.153. The summed E-state index contributed by atoms with van der Waals surface area (Å²) in [7, 11) is 0. The molecule has 0 aliphatic rings. The molecule has 0 saturated heterocycles. The number of ketones is 1. The molecular formula is C6H10O2. The van der Waals surface area contributed by atoms with E-state index in [4.69, 9.17) is 5.11 Å². The summed E-state index contributed by atoms with van der Waals surface area (Å²) >= 11 is 0. The average Bonchev–Trinajstić information content (AvgIpc) is 1.64. The molecule has 0 aromatic rings. The zero-order valence-electron chi connectivity index (χ0n) is 5.14. The van der Waals surface area contributed by atoms with Gasteiger partial charge in [0.05, 0.1) is 6.10 Å². The number of Topliss-reactive ketones (excluding diaryl/α,β-unsaturated/α-hetero) is 1. The average molecular weight is 114 g/mol. The lowest BCUT2D eigenvalue weighted by atomic mass is 10.1. The van der Waals surface area contributed by atoms with Crippen molar-refractivity contribution < 1.29 is 9.90 Å². The molecule has 1 N–H and O–H groups in total. The van der Waals surface area contributed by atoms with Gasteiger partial charge in [0, 0.05) is 5.57 Å². The number of carbonyl (C=O) groups is 1. The molecule has 0 amide bonds. The van der Waals surface area contributed by atoms with Gasteiger partial charge < -0.3 is 5.11 Å². The van der Waals surface area contributed by atoms with Crippen LogP contribution >= 0.6 is 0 Å². The monoisotopic (exact) mass is 114 g/mol. The molecule has 0 heterocycles. The molecule has 46 valence electrons. The highest BCUT2D eigenvalue weighted by Crippen LogP contribution is 1.97. The van der Waals surface area contributed by atoms with Gasteiger partial charge in [-0.2, -0.15) is 0 Å². The molecule has 0 bridgehead atoms. The first-order valence-electron chi connectivity index (χ1n) is 2.43. The normalized spacial score (nSPS) is 12.9. The van der Waals surface area contributed by atoms with E-state index in [1.165, 1.54) is 13.8 Å². The van der Waals surface area contributed by atoms with E-state index in [2.05, 4.69) is 6.58 Å². The minimum absolute atomic E-state index is 0.153. The van der Waals surface area contributed by atoms with E-state index in [0.717, 1.165) is 0 Å². The molecular weight excluding hydrogens is 104 g/mol. The van der Waals surface area contributed by atoms with Crippen LogP contribution < -0.4 is 0 Å². The molecule has 0 radical (unpaired) electrons. The van der Waals surface area contributed by atoms with Crippen molar-refractivity contribution >= 4 is 5.78 Å². The molecule has 2 nitrogen and oxygen atoms in total. The fourth-order valence-electron chi connectivity index (χ4n) is 0.294. The van der Waals surface area contributed by atoms with Crippen LogP contribution in [0.25, 0.3) is 0 Å². The van der Waals surface area contributed by atoms with Crippen molar-refractivity contribution in [3.05, 3.63) is 12.2 Å². The Morgan fingerprint density at radius 3 is 2.12 bits per heavy atom. The molecule has 2 heteroatoms. The van der Waals surface area contributed by atoms with Gasteiger partial charge in [0.25, 0.3) is 0 Å². The summed E-state index contributed by atoms with van der Waals surface area (Å²) in [4.78, 5) is 10.3. The lowest BCUT2D eigenvalue weighted by Gasteiger charge is -2.01. The van der Waals surface area contributed by atoms with Crippen molar-refractivity contribution in [3.63, 3.8) is 0 Å². The first-order chi connectivity index (χ1) is 3.55. The standard InChI is InChI=1S/C6H10O2/c1-4(5(2)7)6(3)8/h5,7H,1H2,2-3H3/t5-/m1/s1. The number of rotatable bonds is 2. The van der Waals surface area contributed by atoms with E-state index in [-0.39, 0.29) is 11.4 Å². The topological polar surface area (TPSA) is 37.3 Å². The summed E-state index contributed by atoms with van der Waals surface area (Å²) in [6, 6.07) is 0. The van der Waals surface area contributed by atoms with E-state index < -0.39 is 6.10 Å². The van der Waals surface area contributed by atoms with Gasteiger partial charge in [0.2, 0.25) is 0 Å². The van der Waals surface area contributed by atoms with Gasteiger partial charge in [-0.1, -0.05) is 6.58 Å². The molecule has 8 heavy (non-hydrogen) atoms. The summed E-state index contributed by atoms with van der Waals surface area (Å²) < 4.78 is 0. The smallest absolute Gasteiger partial charge is 0.157 e. The van der Waals surface area contributed by atoms with Crippen molar-refractivity contribution in [2.24, 2.45) is 0 Å². The molecule has 0 saturated carbocycles. The third kappa shape index (κ3) is 1.89. The fourth-order valence-corrected chi connectivity index (χ4v) is 0.294. The van der Waals surface area contributed by atoms with Gasteiger partial charge in [-0.05, 0) is 13.8 Å². The fraction of sp³-hybridized carbons (Fsp3) is 0.500. The highest BCUT2D eigenvalue weighted by atomic mass is 16.3. The molecule has 0 fully saturated rings. The Morgan fingerprint density at radius 2 is 2.12 bits per heavy atom. The van der Waals surface area contributed by atoms with Gasteiger partial charge >= 0.3 is 0 Å². The van der Waals surface area contributed by atoms with Crippen molar-refractivity contribution in [3.8, 4) is 0 Å². The Morgan fingerprint density at radius 1 is 1.75 bits per heavy atom. The van der Waals surface area contributed by atoms with Crippen LogP contribution in [0, 0.1) is 0 Å². The molecule has 0 unspecified atom stereocenters. The van der Waals surface area contributed by atoms with E-state index in [0.29, 0.717) is 0 Å². The van der Waals surface area contributed by atoms with Gasteiger partial charge in [0.15, 0.2) is 5.78 Å². The van der Waals surface area contributed by atoms with E-state index in [1.54, 1.807) is 0 Å². The second kappa shape index (κ2) is 2.62. The Kier molecular flexibility index (Phi) is 2.42. The van der Waals surface area contributed by atoms with Gasteiger partial charge in [-0.25, -0.2) is 0 Å². The SMILES string of the molecule is C=C(C(C)=O)[C@@H](C)O. The van der Waals surface area contributed by atoms with Crippen LogP contribution in [-0.2, 0) is 4.79 Å². The van der Waals surface area contributed by atoms with Crippen LogP contribution in [0.4, 0.5) is 0 Å². The van der Waals surface area contributed by atoms with E-state index >= 15 is 0 Å². The maximum absolute atomic E-state index is 10.3. The molecule has 0 aromatic carbocycles. The third-order valence-electron chi connectivity index (χ3n) is 0.957. The molecule has 0 aromatic heterocycles. The van der Waals surface area contributed by atoms with Crippen LogP contribution in [0.1, 0.15) is 13.8 Å². The highest BCUT2D eigenvalue weighted by Gasteiger charge is 2.04. The van der Waals surface area contributed by atoms with Gasteiger partial charge in [-0.15, -0.1) is 0 Å². The van der Waals surface area contributed by atoms with Crippen LogP contribution in [0.3, 0.4) is 0 Å². The van der Waals surface area contributed by atoms with Crippen LogP contribution in [0.15, 0.2) is 12.2 Å². The van der Waals surface area contributed by atoms with Crippen molar-refractivity contribution in [2.75, 3.05) is 0 Å². The lowest BCUT2D eigenvalue weighted by Crippen LogP contribution is -2.09. The predicted molar refractivity (Wildman–Crippen MR) is 31.5 cm³/mol. The van der Waals surface area contributed by atoms with Gasteiger partial charge in [-0.3, -0.25) is 4.79 Å². The number of aliphatic hydroxyl groups is 1. The minimum atomic E-state index is -0.701. The molecule has 0 aliphatic heterocycles. The van der Waals surface area contributed by atoms with Crippen molar-refractivity contribution in [1.29, 1.82) is 0 Å². The van der Waals surface area contributed by atoms with Crippen molar-refractivity contribution in [2.45, 2.75) is 20.0 Å². The van der Waals surface area contributed by atoms with E-state index in [1.807, 2.05) is 0 Å². The summed E-state index contributed by atoms with van der Waals surface area (Å²) in [6.07, 6.45) is -0.701. The Hall–Kier alpha value is -0.630. The number of hydrogen-bond acceptors (Lipinski definition) is 2. The van der Waals surface area contributed by atoms with Crippen LogP contribution in [-0.4, -0.2) is 17.0 Å². The van der Waals surface area contributed by atoms with Gasteiger partial charge in [0.1, 0.15) is 0 Å². The number of aliphatic hydroxyl groups excluding tert-OH is 1. The second-order valence-corrected chi connectivity index (χ2v) is 1.76. The predicted octanol–water partition coefficient (Wildman–Crippen LogP) is 0.512. The summed E-state index contributed by atoms with van der Waals surface area (Å²) in [5.41, 5.74) is 0.269. The molecule has 0 spiro atoms. The maximum Gasteiger partial charge on any atom is 0.157 e. The molecule has 0 rings (SSSR count). The summed E-state index contributed by atoms with van der Waals surface area (Å²) in [5, 5.41) is 8.67. The third-order valence-corrected chi connectivity index (χ3v) is 0.957. The quantitative estimate of drug-likeness (QED) is 0.531. The zero-order chi connectivity index (χ0) is 6.73. The Labute approximate surface area is 48.8 Å². The first-order valence-corrected chi connectivity index (χ1v) is 2.43. The Balaban J connectivity index is 3.84. The second-order valence-electron chi connectivity index (χ2n) is 1.76. The first kappa shape index (κ1) is 7.37. The minimum Gasteiger partial charge on any atom is -0.389 e. The van der Waals surface area contributed by atoms with Crippen molar-refractivity contribution in [1.82, 2.24) is 0 Å². The molecule has 1 atom stereocenters. The van der Waals surface area contributed by atoms with Crippen LogP contribution in [0.5, 0.6) is 0 Å².